The summed E-state index contributed by atoms with van der Waals surface area (Å²) in [5, 5.41) is 3.00. The van der Waals surface area contributed by atoms with Crippen LogP contribution in [0.2, 0.25) is 0 Å². The Morgan fingerprint density at radius 3 is 2.24 bits per heavy atom. The standard InChI is InChI=1S/C16H23N3O2/c1-13(20)14-3-5-15(6-4-14)18-9-11-19(12-10-18)16(21)7-8-17-2/h3-6,17H,7-12H2,1-2H3. The van der Waals surface area contributed by atoms with Gasteiger partial charge in [0.15, 0.2) is 5.78 Å². The molecule has 1 aromatic rings. The minimum absolute atomic E-state index is 0.0847. The van der Waals surface area contributed by atoms with E-state index in [0.29, 0.717) is 6.42 Å². The summed E-state index contributed by atoms with van der Waals surface area (Å²) in [4.78, 5) is 27.4. The number of Topliss-reactive ketones (excluding diaryl/α,β-unsaturated/α-hetero) is 1. The SMILES string of the molecule is CNCCC(=O)N1CCN(c2ccc(C(C)=O)cc2)CC1. The van der Waals surface area contributed by atoms with E-state index in [0.717, 1.165) is 44.0 Å². The molecule has 1 aliphatic rings. The minimum atomic E-state index is 0.0847. The van der Waals surface area contributed by atoms with Crippen LogP contribution in [0.1, 0.15) is 23.7 Å². The quantitative estimate of drug-likeness (QED) is 0.826. The summed E-state index contributed by atoms with van der Waals surface area (Å²) in [5.74, 6) is 0.303. The van der Waals surface area contributed by atoms with Crippen LogP contribution in [0, 0.1) is 0 Å². The summed E-state index contributed by atoms with van der Waals surface area (Å²) in [7, 11) is 1.86. The molecule has 1 N–H and O–H groups in total. The third-order valence-electron chi connectivity index (χ3n) is 3.86. The van der Waals surface area contributed by atoms with Crippen LogP contribution in [-0.4, -0.2) is 56.4 Å². The van der Waals surface area contributed by atoms with Gasteiger partial charge in [-0.1, -0.05) is 0 Å². The molecule has 1 heterocycles. The number of nitrogens with one attached hydrogen (secondary N) is 1. The van der Waals surface area contributed by atoms with Crippen LogP contribution in [0.15, 0.2) is 24.3 Å². The van der Waals surface area contributed by atoms with Crippen molar-refractivity contribution in [1.82, 2.24) is 10.2 Å². The molecule has 21 heavy (non-hydrogen) atoms. The van der Waals surface area contributed by atoms with Crippen molar-refractivity contribution < 1.29 is 9.59 Å². The molecule has 1 amide bonds. The number of amides is 1. The summed E-state index contributed by atoms with van der Waals surface area (Å²) < 4.78 is 0. The summed E-state index contributed by atoms with van der Waals surface area (Å²) in [6, 6.07) is 7.69. The number of nitrogens with zero attached hydrogens (tertiary/aromatic N) is 2. The predicted molar refractivity (Wildman–Crippen MR) is 83.8 cm³/mol. The Balaban J connectivity index is 1.88. The van der Waals surface area contributed by atoms with Crippen LogP contribution >= 0.6 is 0 Å². The number of ketones is 1. The van der Waals surface area contributed by atoms with E-state index in [1.165, 1.54) is 0 Å². The van der Waals surface area contributed by atoms with E-state index in [1.807, 2.05) is 36.2 Å². The maximum atomic E-state index is 11.9. The number of carbonyl (C=O) groups is 2. The first-order valence-electron chi connectivity index (χ1n) is 7.40. The highest BCUT2D eigenvalue weighted by molar-refractivity contribution is 5.94. The van der Waals surface area contributed by atoms with Gasteiger partial charge in [0.2, 0.25) is 5.91 Å². The zero-order chi connectivity index (χ0) is 15.2. The van der Waals surface area contributed by atoms with E-state index in [-0.39, 0.29) is 11.7 Å². The summed E-state index contributed by atoms with van der Waals surface area (Å²) in [6.45, 7) is 5.50. The number of piperazine rings is 1. The molecule has 0 spiro atoms. The number of anilines is 1. The topological polar surface area (TPSA) is 52.7 Å². The van der Waals surface area contributed by atoms with Crippen molar-refractivity contribution in [1.29, 1.82) is 0 Å². The molecule has 0 unspecified atom stereocenters. The molecule has 0 saturated carbocycles. The summed E-state index contributed by atoms with van der Waals surface area (Å²) >= 11 is 0. The largest absolute Gasteiger partial charge is 0.368 e. The first-order valence-corrected chi connectivity index (χ1v) is 7.40. The third kappa shape index (κ3) is 4.04. The van der Waals surface area contributed by atoms with Gasteiger partial charge >= 0.3 is 0 Å². The molecule has 2 rings (SSSR count). The minimum Gasteiger partial charge on any atom is -0.368 e. The van der Waals surface area contributed by atoms with Gasteiger partial charge in [-0.25, -0.2) is 0 Å². The third-order valence-corrected chi connectivity index (χ3v) is 3.86. The molecule has 5 nitrogen and oxygen atoms in total. The smallest absolute Gasteiger partial charge is 0.223 e. The Labute approximate surface area is 125 Å². The predicted octanol–water partition coefficient (Wildman–Crippen LogP) is 1.15. The molecular formula is C16H23N3O2. The fraction of sp³-hybridized carbons (Fsp3) is 0.500. The first-order chi connectivity index (χ1) is 10.1. The van der Waals surface area contributed by atoms with Crippen molar-refractivity contribution in [2.24, 2.45) is 0 Å². The van der Waals surface area contributed by atoms with Crippen LogP contribution in [0.25, 0.3) is 0 Å². The van der Waals surface area contributed by atoms with Gasteiger partial charge in [-0.05, 0) is 38.2 Å². The van der Waals surface area contributed by atoms with Gasteiger partial charge in [-0.2, -0.15) is 0 Å². The first kappa shape index (κ1) is 15.5. The fourth-order valence-electron chi connectivity index (χ4n) is 2.51. The Bertz CT molecular complexity index is 491. The van der Waals surface area contributed by atoms with Crippen molar-refractivity contribution >= 4 is 17.4 Å². The highest BCUT2D eigenvalue weighted by atomic mass is 16.2. The van der Waals surface area contributed by atoms with Gasteiger partial charge in [-0.15, -0.1) is 0 Å². The van der Waals surface area contributed by atoms with Crippen molar-refractivity contribution in [2.45, 2.75) is 13.3 Å². The maximum Gasteiger partial charge on any atom is 0.223 e. The Morgan fingerprint density at radius 1 is 1.10 bits per heavy atom. The van der Waals surface area contributed by atoms with E-state index >= 15 is 0 Å². The van der Waals surface area contributed by atoms with Crippen LogP contribution < -0.4 is 10.2 Å². The fourth-order valence-corrected chi connectivity index (χ4v) is 2.51. The summed E-state index contributed by atoms with van der Waals surface area (Å²) in [6.07, 6.45) is 0.559. The van der Waals surface area contributed by atoms with Crippen molar-refractivity contribution in [3.63, 3.8) is 0 Å². The molecule has 1 fully saturated rings. The van der Waals surface area contributed by atoms with E-state index in [1.54, 1.807) is 6.92 Å². The average Bonchev–Trinajstić information content (AvgIpc) is 2.53. The molecule has 1 aromatic carbocycles. The van der Waals surface area contributed by atoms with Crippen LogP contribution in [0.5, 0.6) is 0 Å². The number of benzene rings is 1. The van der Waals surface area contributed by atoms with Gasteiger partial charge in [0.1, 0.15) is 0 Å². The average molecular weight is 289 g/mol. The van der Waals surface area contributed by atoms with E-state index in [2.05, 4.69) is 10.2 Å². The second-order valence-electron chi connectivity index (χ2n) is 5.32. The number of hydrogen-bond donors (Lipinski definition) is 1. The maximum absolute atomic E-state index is 11.9. The van der Waals surface area contributed by atoms with Crippen molar-refractivity contribution in [3.8, 4) is 0 Å². The molecular weight excluding hydrogens is 266 g/mol. The molecule has 114 valence electrons. The van der Waals surface area contributed by atoms with Gasteiger partial charge in [0, 0.05) is 50.4 Å². The molecule has 0 atom stereocenters. The zero-order valence-electron chi connectivity index (χ0n) is 12.8. The van der Waals surface area contributed by atoms with Gasteiger partial charge in [-0.3, -0.25) is 9.59 Å². The molecule has 0 aromatic heterocycles. The lowest BCUT2D eigenvalue weighted by Crippen LogP contribution is -2.49. The lowest BCUT2D eigenvalue weighted by molar-refractivity contribution is -0.131. The van der Waals surface area contributed by atoms with Crippen LogP contribution in [-0.2, 0) is 4.79 Å². The summed E-state index contributed by atoms with van der Waals surface area (Å²) in [5.41, 5.74) is 1.85. The van der Waals surface area contributed by atoms with Gasteiger partial charge in [0.05, 0.1) is 0 Å². The normalized spacial score (nSPS) is 15.1. The second-order valence-corrected chi connectivity index (χ2v) is 5.32. The van der Waals surface area contributed by atoms with E-state index < -0.39 is 0 Å². The number of hydrogen-bond acceptors (Lipinski definition) is 4. The Morgan fingerprint density at radius 2 is 1.71 bits per heavy atom. The molecule has 1 aliphatic heterocycles. The van der Waals surface area contributed by atoms with Crippen molar-refractivity contribution in [2.75, 3.05) is 44.7 Å². The molecule has 1 saturated heterocycles. The van der Waals surface area contributed by atoms with Gasteiger partial charge in [0.25, 0.3) is 0 Å². The lowest BCUT2D eigenvalue weighted by atomic mass is 10.1. The zero-order valence-corrected chi connectivity index (χ0v) is 12.8. The lowest BCUT2D eigenvalue weighted by Gasteiger charge is -2.36. The molecule has 0 aliphatic carbocycles. The van der Waals surface area contributed by atoms with E-state index in [4.69, 9.17) is 0 Å². The number of rotatable bonds is 5. The highest BCUT2D eigenvalue weighted by Gasteiger charge is 2.20. The van der Waals surface area contributed by atoms with Gasteiger partial charge < -0.3 is 15.1 Å². The monoisotopic (exact) mass is 289 g/mol. The molecule has 5 heteroatoms. The van der Waals surface area contributed by atoms with Crippen LogP contribution in [0.4, 0.5) is 5.69 Å². The Kier molecular flexibility index (Phi) is 5.33. The molecule has 0 radical (unpaired) electrons. The Hall–Kier alpha value is -1.88. The number of carbonyl (C=O) groups excluding carboxylic acids is 2. The molecule has 0 bridgehead atoms. The highest BCUT2D eigenvalue weighted by Crippen LogP contribution is 2.17. The second kappa shape index (κ2) is 7.22. The van der Waals surface area contributed by atoms with Crippen molar-refractivity contribution in [3.05, 3.63) is 29.8 Å². The van der Waals surface area contributed by atoms with E-state index in [9.17, 15) is 9.59 Å². The van der Waals surface area contributed by atoms with Crippen LogP contribution in [0.3, 0.4) is 0 Å².